The second kappa shape index (κ2) is 6.98. The van der Waals surface area contributed by atoms with Crippen molar-refractivity contribution in [2.45, 2.75) is 0 Å². The molecule has 0 amide bonds. The molecule has 23 heavy (non-hydrogen) atoms. The number of esters is 1. The highest BCUT2D eigenvalue weighted by molar-refractivity contribution is 5.86. The van der Waals surface area contributed by atoms with Crippen LogP contribution in [-0.2, 0) is 4.74 Å². The molecule has 11 nitrogen and oxygen atoms in total. The van der Waals surface area contributed by atoms with Gasteiger partial charge >= 0.3 is 11.9 Å². The van der Waals surface area contributed by atoms with Gasteiger partial charge in [0.15, 0.2) is 0 Å². The second-order valence-electron chi connectivity index (χ2n) is 4.12. The lowest BCUT2D eigenvalue weighted by Gasteiger charge is -2.05. The first kappa shape index (κ1) is 15.9. The number of anilines is 1. The summed E-state index contributed by atoms with van der Waals surface area (Å²) in [6.07, 6.45) is 1.09. The van der Waals surface area contributed by atoms with E-state index in [4.69, 9.17) is 4.74 Å². The number of nitrogens with one attached hydrogen (secondary N) is 1. The van der Waals surface area contributed by atoms with Gasteiger partial charge in [-0.15, -0.1) is 0 Å². The largest absolute Gasteiger partial charge is 0.458 e. The van der Waals surface area contributed by atoms with E-state index in [0.717, 1.165) is 18.3 Å². The number of nitrogens with zero attached hydrogens (tertiary/aromatic N) is 3. The summed E-state index contributed by atoms with van der Waals surface area (Å²) in [4.78, 5) is 34.9. The molecule has 0 spiro atoms. The molecule has 120 valence electrons. The van der Waals surface area contributed by atoms with Crippen LogP contribution in [0.25, 0.3) is 0 Å². The smallest absolute Gasteiger partial charge is 0.433 e. The van der Waals surface area contributed by atoms with Crippen LogP contribution in [0.1, 0.15) is 10.6 Å². The number of pyridine rings is 1. The van der Waals surface area contributed by atoms with Gasteiger partial charge in [0.25, 0.3) is 5.69 Å². The quantitative estimate of drug-likeness (QED) is 0.348. The maximum atomic E-state index is 11.6. The van der Waals surface area contributed by atoms with Crippen molar-refractivity contribution >= 4 is 23.4 Å². The minimum absolute atomic E-state index is 0.0496. The van der Waals surface area contributed by atoms with Crippen molar-refractivity contribution in [3.05, 3.63) is 56.5 Å². The third-order valence-corrected chi connectivity index (χ3v) is 2.57. The fourth-order valence-electron chi connectivity index (χ4n) is 1.53. The molecule has 0 saturated carbocycles. The molecule has 0 unspecified atom stereocenters. The fourth-order valence-corrected chi connectivity index (χ4v) is 1.53. The van der Waals surface area contributed by atoms with Gasteiger partial charge in [0.05, 0.1) is 17.5 Å². The van der Waals surface area contributed by atoms with Crippen LogP contribution in [0.4, 0.5) is 17.4 Å². The minimum atomic E-state index is -0.837. The average Bonchev–Trinajstić information content (AvgIpc) is 3.02. The summed E-state index contributed by atoms with van der Waals surface area (Å²) < 4.78 is 9.54. The molecule has 0 saturated heterocycles. The molecule has 0 aliphatic carbocycles. The van der Waals surface area contributed by atoms with Crippen molar-refractivity contribution in [1.82, 2.24) is 4.98 Å². The molecular weight excluding hydrogens is 312 g/mol. The van der Waals surface area contributed by atoms with Crippen molar-refractivity contribution in [3.8, 4) is 0 Å². The number of ether oxygens (including phenoxy) is 1. The lowest BCUT2D eigenvalue weighted by Crippen LogP contribution is -2.14. The van der Waals surface area contributed by atoms with Crippen molar-refractivity contribution in [3.63, 3.8) is 0 Å². The van der Waals surface area contributed by atoms with Gasteiger partial charge in [-0.25, -0.2) is 9.78 Å². The van der Waals surface area contributed by atoms with Crippen LogP contribution in [-0.4, -0.2) is 34.0 Å². The Bertz CT molecular complexity index is 725. The van der Waals surface area contributed by atoms with Crippen LogP contribution in [0.15, 0.2) is 34.9 Å². The van der Waals surface area contributed by atoms with Crippen molar-refractivity contribution < 1.29 is 23.8 Å². The molecule has 2 aromatic rings. The second-order valence-corrected chi connectivity index (χ2v) is 4.12. The Balaban J connectivity index is 1.77. The molecule has 0 bridgehead atoms. The molecule has 1 N–H and O–H groups in total. The van der Waals surface area contributed by atoms with Gasteiger partial charge in [-0.1, -0.05) is 0 Å². The molecular formula is C12H10N4O7. The monoisotopic (exact) mass is 322 g/mol. The van der Waals surface area contributed by atoms with Gasteiger partial charge < -0.3 is 14.5 Å². The van der Waals surface area contributed by atoms with Gasteiger partial charge in [0.2, 0.25) is 5.76 Å². The van der Waals surface area contributed by atoms with Crippen LogP contribution < -0.4 is 5.32 Å². The Morgan fingerprint density at radius 3 is 2.57 bits per heavy atom. The first-order valence-corrected chi connectivity index (χ1v) is 6.23. The summed E-state index contributed by atoms with van der Waals surface area (Å²) in [5.74, 6) is -1.29. The third-order valence-electron chi connectivity index (χ3n) is 2.57. The Hall–Kier alpha value is -3.50. The maximum Gasteiger partial charge on any atom is 0.433 e. The minimum Gasteiger partial charge on any atom is -0.458 e. The number of carbonyl (C=O) groups excluding carboxylic acids is 1. The number of carbonyl (C=O) groups is 1. The van der Waals surface area contributed by atoms with Gasteiger partial charge in [-0.05, 0) is 12.1 Å². The highest BCUT2D eigenvalue weighted by Gasteiger charge is 2.18. The van der Waals surface area contributed by atoms with E-state index in [-0.39, 0.29) is 24.6 Å². The molecule has 0 radical (unpaired) electrons. The van der Waals surface area contributed by atoms with E-state index in [1.807, 2.05) is 0 Å². The summed E-state index contributed by atoms with van der Waals surface area (Å²) in [6, 6.07) is 4.89. The van der Waals surface area contributed by atoms with Crippen molar-refractivity contribution in [2.75, 3.05) is 18.5 Å². The molecule has 2 aromatic heterocycles. The number of rotatable bonds is 7. The van der Waals surface area contributed by atoms with Crippen LogP contribution in [0.3, 0.4) is 0 Å². The van der Waals surface area contributed by atoms with E-state index in [9.17, 15) is 25.0 Å². The molecule has 0 fully saturated rings. The third kappa shape index (κ3) is 4.23. The normalized spacial score (nSPS) is 10.1. The van der Waals surface area contributed by atoms with E-state index in [1.54, 1.807) is 0 Å². The van der Waals surface area contributed by atoms with Crippen LogP contribution in [0.2, 0.25) is 0 Å². The summed E-state index contributed by atoms with van der Waals surface area (Å²) in [7, 11) is 0. The van der Waals surface area contributed by atoms with Crippen LogP contribution in [0, 0.1) is 20.2 Å². The maximum absolute atomic E-state index is 11.6. The Morgan fingerprint density at radius 1 is 1.22 bits per heavy atom. The predicted octanol–water partition coefficient (Wildman–Crippen LogP) is 1.76. The van der Waals surface area contributed by atoms with E-state index in [0.29, 0.717) is 5.82 Å². The van der Waals surface area contributed by atoms with E-state index in [1.165, 1.54) is 12.1 Å². The lowest BCUT2D eigenvalue weighted by atomic mass is 10.4. The number of hydrogen-bond donors (Lipinski definition) is 1. The average molecular weight is 322 g/mol. The summed E-state index contributed by atoms with van der Waals surface area (Å²) >= 11 is 0. The van der Waals surface area contributed by atoms with Crippen molar-refractivity contribution in [1.29, 1.82) is 0 Å². The highest BCUT2D eigenvalue weighted by Crippen LogP contribution is 2.16. The molecule has 2 heterocycles. The Kier molecular flexibility index (Phi) is 4.82. The Labute approximate surface area is 128 Å². The van der Waals surface area contributed by atoms with Gasteiger partial charge in [0.1, 0.15) is 23.5 Å². The summed E-state index contributed by atoms with van der Waals surface area (Å²) in [5, 5.41) is 23.7. The zero-order valence-electron chi connectivity index (χ0n) is 11.5. The number of aromatic nitrogens is 1. The van der Waals surface area contributed by atoms with E-state index < -0.39 is 21.7 Å². The SMILES string of the molecule is O=C(OCCNc1ccc([N+](=O)[O-])cn1)c1ccc([N+](=O)[O-])o1. The molecule has 0 aliphatic rings. The standard InChI is InChI=1S/C12H10N4O7/c17-12(9-2-4-11(23-9)16(20)21)22-6-5-13-10-3-1-8(7-14-10)15(18)19/h1-4,7H,5-6H2,(H,13,14). The van der Waals surface area contributed by atoms with Gasteiger partial charge in [-0.3, -0.25) is 20.2 Å². The summed E-state index contributed by atoms with van der Waals surface area (Å²) in [5.41, 5.74) is -0.138. The van der Waals surface area contributed by atoms with E-state index in [2.05, 4.69) is 14.7 Å². The number of furan rings is 1. The molecule has 11 heteroatoms. The topological polar surface area (TPSA) is 151 Å². The zero-order chi connectivity index (χ0) is 16.8. The predicted molar refractivity (Wildman–Crippen MR) is 75.0 cm³/mol. The lowest BCUT2D eigenvalue weighted by molar-refractivity contribution is -0.402. The fraction of sp³-hybridized carbons (Fsp3) is 0.167. The summed E-state index contributed by atoms with van der Waals surface area (Å²) in [6.45, 7) is 0.144. The van der Waals surface area contributed by atoms with Crippen molar-refractivity contribution in [2.24, 2.45) is 0 Å². The molecule has 2 rings (SSSR count). The van der Waals surface area contributed by atoms with Gasteiger partial charge in [0, 0.05) is 6.07 Å². The zero-order valence-corrected chi connectivity index (χ0v) is 11.5. The van der Waals surface area contributed by atoms with E-state index >= 15 is 0 Å². The molecule has 0 aromatic carbocycles. The number of nitro groups is 2. The Morgan fingerprint density at radius 2 is 2.00 bits per heavy atom. The number of hydrogen-bond acceptors (Lipinski definition) is 9. The first-order valence-electron chi connectivity index (χ1n) is 6.23. The molecule has 0 aliphatic heterocycles. The highest BCUT2D eigenvalue weighted by atomic mass is 16.7. The van der Waals surface area contributed by atoms with Crippen LogP contribution >= 0.6 is 0 Å². The first-order chi connectivity index (χ1) is 11.0. The van der Waals surface area contributed by atoms with Gasteiger partial charge in [-0.2, -0.15) is 0 Å². The molecule has 0 atom stereocenters. The van der Waals surface area contributed by atoms with Crippen LogP contribution in [0.5, 0.6) is 0 Å².